The van der Waals surface area contributed by atoms with Gasteiger partial charge in [0.1, 0.15) is 12.4 Å². The third-order valence-electron chi connectivity index (χ3n) is 4.48. The number of carbonyl (C=O) groups excluding carboxylic acids is 1. The molecule has 3 aromatic rings. The van der Waals surface area contributed by atoms with Gasteiger partial charge in [-0.3, -0.25) is 14.8 Å². The maximum atomic E-state index is 12.7. The Morgan fingerprint density at radius 3 is 2.44 bits per heavy atom. The summed E-state index contributed by atoms with van der Waals surface area (Å²) in [5.41, 5.74) is 0.830. The lowest BCUT2D eigenvalue weighted by atomic mass is 10.2. The third kappa shape index (κ3) is 7.34. The minimum Gasteiger partial charge on any atom is -0.490 e. The van der Waals surface area contributed by atoms with Gasteiger partial charge in [-0.2, -0.15) is 0 Å². The van der Waals surface area contributed by atoms with Gasteiger partial charge >= 0.3 is 0 Å². The molecule has 1 aromatic heterocycles. The highest BCUT2D eigenvalue weighted by atomic mass is 79.9. The molecule has 0 unspecified atom stereocenters. The van der Waals surface area contributed by atoms with Crippen molar-refractivity contribution in [2.24, 2.45) is 0 Å². The molecule has 0 spiro atoms. The van der Waals surface area contributed by atoms with Crippen molar-refractivity contribution in [3.8, 4) is 11.6 Å². The van der Waals surface area contributed by atoms with Crippen LogP contribution in [0.3, 0.4) is 0 Å². The molecule has 0 fully saturated rings. The number of aromatic nitrogens is 2. The summed E-state index contributed by atoms with van der Waals surface area (Å²) < 4.78 is 43.8. The van der Waals surface area contributed by atoms with Gasteiger partial charge in [0.2, 0.25) is 5.82 Å². The second kappa shape index (κ2) is 12.6. The molecule has 0 aliphatic carbocycles. The smallest absolute Gasteiger partial charge is 0.263 e. The van der Waals surface area contributed by atoms with Crippen LogP contribution >= 0.6 is 28.1 Å². The van der Waals surface area contributed by atoms with Crippen LogP contribution in [0.2, 0.25) is 0 Å². The van der Waals surface area contributed by atoms with Crippen LogP contribution in [0.25, 0.3) is 0 Å². The number of halogens is 1. The number of amides is 1. The SMILES string of the molecule is COCCOc1ccc(C(=O)NC(=S)Nc2ccc(S(=O)(=O)Nc3nccnc3OC)cc2)cc1Br. The molecule has 0 atom stereocenters. The third-order valence-corrected chi connectivity index (χ3v) is 6.66. The lowest BCUT2D eigenvalue weighted by Crippen LogP contribution is -2.34. The summed E-state index contributed by atoms with van der Waals surface area (Å²) in [6.45, 7) is 0.813. The molecule has 0 aliphatic rings. The van der Waals surface area contributed by atoms with Crippen LogP contribution in [0.5, 0.6) is 11.6 Å². The molecular formula is C22H22BrN5O6S2. The van der Waals surface area contributed by atoms with Crippen LogP contribution < -0.4 is 24.8 Å². The van der Waals surface area contributed by atoms with E-state index in [1.807, 2.05) is 0 Å². The van der Waals surface area contributed by atoms with E-state index in [0.29, 0.717) is 34.7 Å². The predicted molar refractivity (Wildman–Crippen MR) is 141 cm³/mol. The van der Waals surface area contributed by atoms with Crippen molar-refractivity contribution in [2.75, 3.05) is 37.5 Å². The predicted octanol–water partition coefficient (Wildman–Crippen LogP) is 3.20. The fourth-order valence-corrected chi connectivity index (χ4v) is 4.49. The lowest BCUT2D eigenvalue weighted by molar-refractivity contribution is 0.0977. The van der Waals surface area contributed by atoms with E-state index in [4.69, 9.17) is 26.4 Å². The Kier molecular flexibility index (Phi) is 9.52. The van der Waals surface area contributed by atoms with Crippen LogP contribution in [0.1, 0.15) is 10.4 Å². The Morgan fingerprint density at radius 1 is 1.06 bits per heavy atom. The van der Waals surface area contributed by atoms with Gasteiger partial charge in [0.15, 0.2) is 5.11 Å². The van der Waals surface area contributed by atoms with Crippen LogP contribution in [0.4, 0.5) is 11.5 Å². The number of sulfonamides is 1. The zero-order valence-electron chi connectivity index (χ0n) is 19.1. The molecule has 0 bridgehead atoms. The largest absolute Gasteiger partial charge is 0.490 e. The number of thiocarbonyl (C=S) groups is 1. The lowest BCUT2D eigenvalue weighted by Gasteiger charge is -2.12. The summed E-state index contributed by atoms with van der Waals surface area (Å²) in [4.78, 5) is 20.4. The van der Waals surface area contributed by atoms with Crippen molar-refractivity contribution in [2.45, 2.75) is 4.90 Å². The van der Waals surface area contributed by atoms with Gasteiger partial charge in [0.05, 0.1) is 23.1 Å². The van der Waals surface area contributed by atoms with Gasteiger partial charge in [-0.05, 0) is 70.6 Å². The van der Waals surface area contributed by atoms with Crippen LogP contribution in [0.15, 0.2) is 64.2 Å². The molecule has 11 nitrogen and oxygen atoms in total. The normalized spacial score (nSPS) is 10.9. The van der Waals surface area contributed by atoms with Crippen molar-refractivity contribution >= 4 is 60.7 Å². The van der Waals surface area contributed by atoms with Gasteiger partial charge in [-0.25, -0.2) is 18.4 Å². The monoisotopic (exact) mass is 595 g/mol. The molecule has 36 heavy (non-hydrogen) atoms. The second-order valence-electron chi connectivity index (χ2n) is 6.94. The van der Waals surface area contributed by atoms with Gasteiger partial charge in [-0.1, -0.05) is 0 Å². The summed E-state index contributed by atoms with van der Waals surface area (Å²) >= 11 is 8.59. The van der Waals surface area contributed by atoms with Crippen molar-refractivity contribution in [1.82, 2.24) is 15.3 Å². The summed E-state index contributed by atoms with van der Waals surface area (Å²) in [5.74, 6) is 0.151. The zero-order valence-corrected chi connectivity index (χ0v) is 22.4. The molecule has 2 aromatic carbocycles. The highest BCUT2D eigenvalue weighted by molar-refractivity contribution is 9.10. The van der Waals surface area contributed by atoms with E-state index in [1.165, 1.54) is 43.8 Å². The number of ether oxygens (including phenoxy) is 3. The quantitative estimate of drug-likeness (QED) is 0.236. The average Bonchev–Trinajstić information content (AvgIpc) is 2.85. The number of nitrogens with zero attached hydrogens (tertiary/aromatic N) is 2. The summed E-state index contributed by atoms with van der Waals surface area (Å²) in [5, 5.41) is 5.45. The molecule has 3 rings (SSSR count). The van der Waals surface area contributed by atoms with Gasteiger partial charge in [0, 0.05) is 30.8 Å². The second-order valence-corrected chi connectivity index (χ2v) is 9.88. The molecule has 1 amide bonds. The fraction of sp³-hybridized carbons (Fsp3) is 0.182. The molecule has 1 heterocycles. The summed E-state index contributed by atoms with van der Waals surface area (Å²) in [6, 6.07) is 10.6. The first-order valence-corrected chi connectivity index (χ1v) is 12.9. The topological polar surface area (TPSA) is 141 Å². The molecule has 3 N–H and O–H groups in total. The number of hydrogen-bond acceptors (Lipinski definition) is 9. The van der Waals surface area contributed by atoms with Crippen molar-refractivity contribution in [3.63, 3.8) is 0 Å². The summed E-state index contributed by atoms with van der Waals surface area (Å²) in [6.07, 6.45) is 2.72. The Balaban J connectivity index is 1.59. The van der Waals surface area contributed by atoms with E-state index < -0.39 is 15.9 Å². The van der Waals surface area contributed by atoms with E-state index in [2.05, 4.69) is 41.3 Å². The highest BCUT2D eigenvalue weighted by Gasteiger charge is 2.18. The van der Waals surface area contributed by atoms with Gasteiger partial charge < -0.3 is 19.5 Å². The number of nitrogens with one attached hydrogen (secondary N) is 3. The Morgan fingerprint density at radius 2 is 1.78 bits per heavy atom. The first-order valence-electron chi connectivity index (χ1n) is 10.2. The molecule has 14 heteroatoms. The van der Waals surface area contributed by atoms with Crippen molar-refractivity contribution < 1.29 is 27.4 Å². The summed E-state index contributed by atoms with van der Waals surface area (Å²) in [7, 11) is -1.01. The minimum absolute atomic E-state index is 0.0200. The van der Waals surface area contributed by atoms with E-state index in [1.54, 1.807) is 25.3 Å². The van der Waals surface area contributed by atoms with Crippen molar-refractivity contribution in [1.29, 1.82) is 0 Å². The molecule has 0 radical (unpaired) electrons. The van der Waals surface area contributed by atoms with Crippen molar-refractivity contribution in [3.05, 3.63) is 64.9 Å². The van der Waals surface area contributed by atoms with E-state index in [9.17, 15) is 13.2 Å². The Labute approximate surface area is 221 Å². The van der Waals surface area contributed by atoms with Gasteiger partial charge in [0.25, 0.3) is 21.8 Å². The first kappa shape index (κ1) is 27.3. The Bertz CT molecular complexity index is 1340. The zero-order chi connectivity index (χ0) is 26.1. The maximum Gasteiger partial charge on any atom is 0.263 e. The molecular weight excluding hydrogens is 574 g/mol. The maximum absolute atomic E-state index is 12.7. The van der Waals surface area contributed by atoms with Crippen LogP contribution in [-0.4, -0.2) is 56.8 Å². The first-order chi connectivity index (χ1) is 17.2. The molecule has 0 saturated carbocycles. The standard InChI is InChI=1S/C22H22BrN5O6S2/c1-32-11-12-34-18-8-3-14(13-17(18)23)20(29)27-22(35)26-15-4-6-16(7-5-15)36(30,31)28-19-21(33-2)25-10-9-24-19/h3-10,13H,11-12H2,1-2H3,(H,24,28)(H2,26,27,29,35). The number of benzene rings is 2. The minimum atomic E-state index is -3.95. The van der Waals surface area contributed by atoms with Crippen LogP contribution in [-0.2, 0) is 14.8 Å². The average molecular weight is 596 g/mol. The molecule has 0 saturated heterocycles. The highest BCUT2D eigenvalue weighted by Crippen LogP contribution is 2.26. The number of rotatable bonds is 10. The van der Waals surface area contributed by atoms with E-state index in [0.717, 1.165) is 0 Å². The fourth-order valence-electron chi connectivity index (χ4n) is 2.78. The van der Waals surface area contributed by atoms with E-state index >= 15 is 0 Å². The Hall–Kier alpha value is -3.33. The molecule has 190 valence electrons. The van der Waals surface area contributed by atoms with E-state index in [-0.39, 0.29) is 21.7 Å². The number of anilines is 2. The van der Waals surface area contributed by atoms with Crippen LogP contribution in [0, 0.1) is 0 Å². The number of methoxy groups -OCH3 is 2. The number of hydrogen-bond donors (Lipinski definition) is 3. The molecule has 0 aliphatic heterocycles. The van der Waals surface area contributed by atoms with Gasteiger partial charge in [-0.15, -0.1) is 0 Å². The number of carbonyl (C=O) groups is 1.